The van der Waals surface area contributed by atoms with Crippen LogP contribution in [0.4, 0.5) is 18.9 Å². The first-order chi connectivity index (χ1) is 14.5. The summed E-state index contributed by atoms with van der Waals surface area (Å²) in [6.45, 7) is 0. The Labute approximate surface area is 171 Å². The molecule has 2 N–H and O–H groups in total. The second-order valence-electron chi connectivity index (χ2n) is 5.93. The van der Waals surface area contributed by atoms with Crippen molar-refractivity contribution in [3.63, 3.8) is 0 Å². The Morgan fingerprint density at radius 3 is 2.35 bits per heavy atom. The number of hydrogen-bond donors (Lipinski definition) is 1. The number of alkyl halides is 3. The molecule has 0 fully saturated rings. The molecular weight excluding hydrogens is 425 g/mol. The number of aromatic nitrogens is 4. The second kappa shape index (κ2) is 7.89. The smallest absolute Gasteiger partial charge is 0.433 e. The summed E-state index contributed by atoms with van der Waals surface area (Å²) in [5.74, 6) is -1.32. The van der Waals surface area contributed by atoms with E-state index < -0.39 is 40.0 Å². The van der Waals surface area contributed by atoms with Crippen LogP contribution < -0.4 is 15.2 Å². The lowest BCUT2D eigenvalue weighted by Gasteiger charge is -2.12. The molecule has 0 radical (unpaired) electrons. The van der Waals surface area contributed by atoms with Gasteiger partial charge in [0, 0.05) is 5.56 Å². The van der Waals surface area contributed by atoms with Crippen LogP contribution in [0.2, 0.25) is 0 Å². The van der Waals surface area contributed by atoms with Crippen molar-refractivity contribution in [3.05, 3.63) is 52.0 Å². The monoisotopic (exact) mass is 438 g/mol. The molecule has 162 valence electrons. The molecule has 0 spiro atoms. The van der Waals surface area contributed by atoms with Crippen molar-refractivity contribution in [3.8, 4) is 28.7 Å². The molecule has 3 rings (SSSR count). The number of amides is 1. The molecule has 0 bridgehead atoms. The van der Waals surface area contributed by atoms with E-state index in [2.05, 4.69) is 15.1 Å². The van der Waals surface area contributed by atoms with Crippen LogP contribution in [0.25, 0.3) is 17.2 Å². The first-order valence-corrected chi connectivity index (χ1v) is 8.28. The fraction of sp³-hybridized carbons (Fsp3) is 0.176. The van der Waals surface area contributed by atoms with Gasteiger partial charge in [-0.2, -0.15) is 23.0 Å². The molecule has 1 aromatic carbocycles. The van der Waals surface area contributed by atoms with E-state index in [1.54, 1.807) is 0 Å². The molecule has 3 aromatic rings. The van der Waals surface area contributed by atoms with Gasteiger partial charge < -0.3 is 15.2 Å². The van der Waals surface area contributed by atoms with Crippen LogP contribution >= 0.6 is 0 Å². The predicted octanol–water partition coefficient (Wildman–Crippen LogP) is 2.37. The molecule has 11 nitrogen and oxygen atoms in total. The number of ether oxygens (including phenoxy) is 2. The van der Waals surface area contributed by atoms with Crippen LogP contribution in [0.15, 0.2) is 30.5 Å². The number of nitrogens with zero attached hydrogens (tertiary/aromatic N) is 5. The van der Waals surface area contributed by atoms with E-state index in [1.165, 1.54) is 32.4 Å². The fourth-order valence-electron chi connectivity index (χ4n) is 2.60. The maximum atomic E-state index is 13.4. The SMILES string of the molecule is COc1ccc(-c2cc(C(F)(F)F)nc(-n3cc([N+](=O)[O-])c(C(N)=O)n3)n2)cc1OC. The first kappa shape index (κ1) is 21.5. The molecule has 31 heavy (non-hydrogen) atoms. The number of carbonyl (C=O) groups excluding carboxylic acids is 1. The summed E-state index contributed by atoms with van der Waals surface area (Å²) < 4.78 is 51.1. The largest absolute Gasteiger partial charge is 0.493 e. The Bertz CT molecular complexity index is 1150. The van der Waals surface area contributed by atoms with E-state index >= 15 is 0 Å². The normalized spacial score (nSPS) is 11.3. The maximum absolute atomic E-state index is 13.4. The average molecular weight is 438 g/mol. The third-order valence-corrected chi connectivity index (χ3v) is 4.01. The Kier molecular flexibility index (Phi) is 5.47. The van der Waals surface area contributed by atoms with Crippen molar-refractivity contribution in [2.75, 3.05) is 14.2 Å². The van der Waals surface area contributed by atoms with Gasteiger partial charge in [-0.1, -0.05) is 0 Å². The number of benzene rings is 1. The Balaban J connectivity index is 2.23. The third kappa shape index (κ3) is 4.22. The van der Waals surface area contributed by atoms with Gasteiger partial charge in [0.05, 0.1) is 24.8 Å². The van der Waals surface area contributed by atoms with Crippen molar-refractivity contribution in [1.29, 1.82) is 0 Å². The number of primary amides is 1. The average Bonchev–Trinajstić information content (AvgIpc) is 3.18. The number of halogens is 3. The molecule has 0 atom stereocenters. The summed E-state index contributed by atoms with van der Waals surface area (Å²) >= 11 is 0. The molecule has 0 saturated heterocycles. The Hall–Kier alpha value is -4.23. The van der Waals surface area contributed by atoms with Gasteiger partial charge in [0.1, 0.15) is 6.20 Å². The van der Waals surface area contributed by atoms with Crippen LogP contribution in [0, 0.1) is 10.1 Å². The van der Waals surface area contributed by atoms with Gasteiger partial charge in [-0.05, 0) is 24.3 Å². The van der Waals surface area contributed by atoms with E-state index in [-0.39, 0.29) is 17.0 Å². The molecule has 0 aliphatic heterocycles. The summed E-state index contributed by atoms with van der Waals surface area (Å²) in [6.07, 6.45) is -4.16. The zero-order chi connectivity index (χ0) is 22.9. The van der Waals surface area contributed by atoms with E-state index in [9.17, 15) is 28.1 Å². The lowest BCUT2D eigenvalue weighted by molar-refractivity contribution is -0.385. The highest BCUT2D eigenvalue weighted by molar-refractivity contribution is 5.94. The maximum Gasteiger partial charge on any atom is 0.433 e. The summed E-state index contributed by atoms with van der Waals surface area (Å²) in [6, 6.07) is 4.99. The number of nitrogens with two attached hydrogens (primary N) is 1. The summed E-state index contributed by atoms with van der Waals surface area (Å²) in [5, 5.41) is 14.7. The lowest BCUT2D eigenvalue weighted by Crippen LogP contribution is -2.15. The van der Waals surface area contributed by atoms with Crippen molar-refractivity contribution >= 4 is 11.6 Å². The highest BCUT2D eigenvalue weighted by atomic mass is 19.4. The molecule has 1 amide bonds. The minimum Gasteiger partial charge on any atom is -0.493 e. The standard InChI is InChI=1S/C17H13F3N6O5/c1-30-11-4-3-8(5-12(11)31-2)9-6-13(17(18,19)20)23-16(22-9)25-7-10(26(28)29)14(24-25)15(21)27/h3-7H,1-2H3,(H2,21,27). The zero-order valence-corrected chi connectivity index (χ0v) is 15.9. The molecule has 2 heterocycles. The van der Waals surface area contributed by atoms with Gasteiger partial charge >= 0.3 is 11.9 Å². The summed E-state index contributed by atoms with van der Waals surface area (Å²) in [7, 11) is 2.74. The highest BCUT2D eigenvalue weighted by Crippen LogP contribution is 2.35. The number of carbonyl (C=O) groups is 1. The quantitative estimate of drug-likeness (QED) is 0.455. The van der Waals surface area contributed by atoms with Crippen LogP contribution in [-0.4, -0.2) is 44.8 Å². The van der Waals surface area contributed by atoms with Crippen LogP contribution in [0.3, 0.4) is 0 Å². The predicted molar refractivity (Wildman–Crippen MR) is 97.9 cm³/mol. The van der Waals surface area contributed by atoms with E-state index in [1.807, 2.05) is 0 Å². The fourth-order valence-corrected chi connectivity index (χ4v) is 2.60. The van der Waals surface area contributed by atoms with Gasteiger partial charge in [0.2, 0.25) is 5.69 Å². The molecule has 0 unspecified atom stereocenters. The minimum absolute atomic E-state index is 0.183. The number of nitro groups is 1. The Morgan fingerprint density at radius 1 is 1.16 bits per heavy atom. The van der Waals surface area contributed by atoms with E-state index in [4.69, 9.17) is 15.2 Å². The zero-order valence-electron chi connectivity index (χ0n) is 15.9. The van der Waals surface area contributed by atoms with Gasteiger partial charge in [-0.15, -0.1) is 0 Å². The summed E-state index contributed by atoms with van der Waals surface area (Å²) in [4.78, 5) is 29.0. The minimum atomic E-state index is -4.87. The van der Waals surface area contributed by atoms with Gasteiger partial charge in [0.15, 0.2) is 17.2 Å². The molecular formula is C17H13F3N6O5. The third-order valence-electron chi connectivity index (χ3n) is 4.01. The number of rotatable bonds is 6. The molecule has 0 saturated carbocycles. The molecule has 14 heteroatoms. The topological polar surface area (TPSA) is 148 Å². The van der Waals surface area contributed by atoms with Crippen molar-refractivity contribution in [1.82, 2.24) is 19.7 Å². The van der Waals surface area contributed by atoms with Gasteiger partial charge in [-0.25, -0.2) is 9.97 Å². The van der Waals surface area contributed by atoms with E-state index in [0.717, 1.165) is 0 Å². The molecule has 0 aliphatic carbocycles. The summed E-state index contributed by atoms with van der Waals surface area (Å²) in [5.41, 5.74) is 2.20. The van der Waals surface area contributed by atoms with Crippen molar-refractivity contribution in [2.45, 2.75) is 6.18 Å². The Morgan fingerprint density at radius 2 is 1.84 bits per heavy atom. The number of hydrogen-bond acceptors (Lipinski definition) is 8. The second-order valence-corrected chi connectivity index (χ2v) is 5.93. The van der Waals surface area contributed by atoms with Crippen molar-refractivity contribution in [2.24, 2.45) is 5.73 Å². The lowest BCUT2D eigenvalue weighted by atomic mass is 10.1. The van der Waals surface area contributed by atoms with Gasteiger partial charge in [-0.3, -0.25) is 14.9 Å². The van der Waals surface area contributed by atoms with Gasteiger partial charge in [0.25, 0.3) is 11.9 Å². The molecule has 2 aromatic heterocycles. The van der Waals surface area contributed by atoms with Crippen LogP contribution in [0.1, 0.15) is 16.2 Å². The van der Waals surface area contributed by atoms with Crippen molar-refractivity contribution < 1.29 is 32.4 Å². The molecule has 0 aliphatic rings. The van der Waals surface area contributed by atoms with E-state index in [0.29, 0.717) is 22.7 Å². The number of methoxy groups -OCH3 is 2. The van der Waals surface area contributed by atoms with Crippen LogP contribution in [0.5, 0.6) is 11.5 Å². The first-order valence-electron chi connectivity index (χ1n) is 8.28. The highest BCUT2D eigenvalue weighted by Gasteiger charge is 2.35. The van der Waals surface area contributed by atoms with Crippen LogP contribution in [-0.2, 0) is 6.18 Å².